The summed E-state index contributed by atoms with van der Waals surface area (Å²) in [5.41, 5.74) is 3.79. The maximum absolute atomic E-state index is 15.3. The van der Waals surface area contributed by atoms with E-state index in [9.17, 15) is 9.50 Å². The molecule has 3 aromatic rings. The molecule has 158 valence electrons. The van der Waals surface area contributed by atoms with Gasteiger partial charge in [-0.15, -0.1) is 21.0 Å². The molecule has 3 rings (SSSR count). The van der Waals surface area contributed by atoms with Crippen molar-refractivity contribution in [2.45, 2.75) is 38.0 Å². The lowest BCUT2D eigenvalue weighted by atomic mass is 9.93. The summed E-state index contributed by atoms with van der Waals surface area (Å²) >= 11 is 8.09. The first kappa shape index (κ1) is 23.1. The van der Waals surface area contributed by atoms with Gasteiger partial charge in [-0.3, -0.25) is 0 Å². The number of aromatic hydroxyl groups is 1. The molecule has 1 unspecified atom stereocenters. The highest BCUT2D eigenvalue weighted by atomic mass is 35.5. The van der Waals surface area contributed by atoms with Gasteiger partial charge in [-0.1, -0.05) is 49.7 Å². The molecule has 0 spiro atoms. The molecule has 0 aromatic heterocycles. The third kappa shape index (κ3) is 4.37. The molecule has 0 saturated heterocycles. The number of halogens is 3. The second kappa shape index (κ2) is 9.26. The zero-order chi connectivity index (χ0) is 22.2. The van der Waals surface area contributed by atoms with Gasteiger partial charge in [0.05, 0.1) is 0 Å². The van der Waals surface area contributed by atoms with Gasteiger partial charge in [0, 0.05) is 32.8 Å². The molecule has 0 heterocycles. The Labute approximate surface area is 188 Å². The molecule has 0 bridgehead atoms. The molecule has 1 N–H and O–H groups in total. The topological polar surface area (TPSA) is 20.2 Å². The van der Waals surface area contributed by atoms with Crippen LogP contribution in [0, 0.1) is 18.6 Å². The van der Waals surface area contributed by atoms with E-state index in [1.165, 1.54) is 11.8 Å². The van der Waals surface area contributed by atoms with E-state index in [2.05, 4.69) is 9.24 Å². The van der Waals surface area contributed by atoms with Crippen molar-refractivity contribution in [1.82, 2.24) is 0 Å². The van der Waals surface area contributed by atoms with Crippen LogP contribution in [0.1, 0.15) is 42.0 Å². The highest BCUT2D eigenvalue weighted by Crippen LogP contribution is 2.36. The summed E-state index contributed by atoms with van der Waals surface area (Å²) in [7, 11) is 2.30. The third-order valence-electron chi connectivity index (χ3n) is 5.26. The minimum atomic E-state index is -0.689. The lowest BCUT2D eigenvalue weighted by molar-refractivity contribution is 0.438. The predicted molar refractivity (Wildman–Crippen MR) is 128 cm³/mol. The molecule has 0 aliphatic carbocycles. The Bertz CT molecular complexity index is 1090. The first-order valence-electron chi connectivity index (χ1n) is 9.57. The number of phenols is 1. The third-order valence-corrected chi connectivity index (χ3v) is 6.86. The normalized spacial score (nSPS) is 11.4. The number of hydrogen-bond acceptors (Lipinski definition) is 2. The van der Waals surface area contributed by atoms with Crippen molar-refractivity contribution < 1.29 is 13.9 Å². The lowest BCUT2D eigenvalue weighted by Gasteiger charge is -2.17. The Morgan fingerprint density at radius 3 is 2.40 bits per heavy atom. The van der Waals surface area contributed by atoms with Crippen LogP contribution in [0.15, 0.2) is 41.3 Å². The highest BCUT2D eigenvalue weighted by Gasteiger charge is 2.19. The van der Waals surface area contributed by atoms with Crippen LogP contribution in [0.25, 0.3) is 11.1 Å². The summed E-state index contributed by atoms with van der Waals surface area (Å²) in [5.74, 6) is -1.20. The number of phenolic OH excluding ortho intramolecular Hbond substituents is 1. The van der Waals surface area contributed by atoms with Gasteiger partial charge in [-0.25, -0.2) is 8.78 Å². The van der Waals surface area contributed by atoms with E-state index in [-0.39, 0.29) is 17.3 Å². The second-order valence-electron chi connectivity index (χ2n) is 7.60. The van der Waals surface area contributed by atoms with Crippen molar-refractivity contribution in [3.8, 4) is 16.9 Å². The maximum atomic E-state index is 15.3. The van der Waals surface area contributed by atoms with E-state index >= 15 is 4.39 Å². The molecular formula is C24H24ClF2OPS. The summed E-state index contributed by atoms with van der Waals surface area (Å²) < 4.78 is 29.8. The Morgan fingerprint density at radius 1 is 1.10 bits per heavy atom. The average molecular weight is 465 g/mol. The van der Waals surface area contributed by atoms with Crippen molar-refractivity contribution in [2.24, 2.45) is 0 Å². The van der Waals surface area contributed by atoms with Gasteiger partial charge in [-0.2, -0.15) is 0 Å². The Hall–Kier alpha value is -1.61. The van der Waals surface area contributed by atoms with Crippen LogP contribution in [0.3, 0.4) is 0 Å². The molecule has 6 heteroatoms. The Morgan fingerprint density at radius 2 is 1.80 bits per heavy atom. The van der Waals surface area contributed by atoms with Crippen LogP contribution in [0.5, 0.6) is 5.75 Å². The Kier molecular flexibility index (Phi) is 7.12. The summed E-state index contributed by atoms with van der Waals surface area (Å²) in [4.78, 5) is 0.942. The van der Waals surface area contributed by atoms with Crippen LogP contribution in [0.4, 0.5) is 8.78 Å². The molecule has 0 aliphatic rings. The minimum Gasteiger partial charge on any atom is -0.504 e. The van der Waals surface area contributed by atoms with Crippen molar-refractivity contribution in [2.75, 3.05) is 6.26 Å². The van der Waals surface area contributed by atoms with E-state index in [0.29, 0.717) is 27.9 Å². The number of rotatable bonds is 5. The van der Waals surface area contributed by atoms with Gasteiger partial charge in [0.15, 0.2) is 11.6 Å². The zero-order valence-corrected chi connectivity index (χ0v) is 20.0. The summed E-state index contributed by atoms with van der Waals surface area (Å²) in [5, 5.41) is 10.7. The summed E-state index contributed by atoms with van der Waals surface area (Å²) in [6, 6.07) is 10.5. The molecule has 0 aliphatic heterocycles. The van der Waals surface area contributed by atoms with Crippen LogP contribution in [0.2, 0.25) is 5.02 Å². The van der Waals surface area contributed by atoms with Crippen LogP contribution >= 0.6 is 32.6 Å². The largest absolute Gasteiger partial charge is 0.504 e. The van der Waals surface area contributed by atoms with Gasteiger partial charge in [0.25, 0.3) is 0 Å². The first-order chi connectivity index (χ1) is 14.1. The molecular weight excluding hydrogens is 441 g/mol. The maximum Gasteiger partial charge on any atom is 0.173 e. The van der Waals surface area contributed by atoms with Crippen molar-refractivity contribution >= 4 is 37.9 Å². The molecule has 0 radical (unpaired) electrons. The van der Waals surface area contributed by atoms with Crippen molar-refractivity contribution in [3.63, 3.8) is 0 Å². The fourth-order valence-electron chi connectivity index (χ4n) is 3.62. The fraction of sp³-hybridized carbons (Fsp3) is 0.250. The molecule has 0 fully saturated rings. The number of hydrogen-bond donors (Lipinski definition) is 1. The van der Waals surface area contributed by atoms with Gasteiger partial charge >= 0.3 is 0 Å². The predicted octanol–water partition coefficient (Wildman–Crippen LogP) is 7.24. The van der Waals surface area contributed by atoms with Crippen molar-refractivity contribution in [3.05, 3.63) is 75.3 Å². The van der Waals surface area contributed by atoms with E-state index in [1.807, 2.05) is 45.2 Å². The standard InChI is InChI=1S/C24H24ClF2OPS/c1-12(2)21-20(30-4)8-5-14(22(21)26)10-17-13(3)9-15(11-18(17)25)16-6-7-19(29)24(28)23(16)27/h5-9,11-12,28H,10,29H2,1-4H3. The quantitative estimate of drug-likeness (QED) is 0.317. The molecule has 1 nitrogen and oxygen atoms in total. The van der Waals surface area contributed by atoms with Crippen LogP contribution in [-0.2, 0) is 6.42 Å². The first-order valence-corrected chi connectivity index (χ1v) is 11.7. The van der Waals surface area contributed by atoms with Crippen molar-refractivity contribution in [1.29, 1.82) is 0 Å². The highest BCUT2D eigenvalue weighted by molar-refractivity contribution is 7.98. The number of thioether (sulfide) groups is 1. The van der Waals surface area contributed by atoms with Gasteiger partial charge in [-0.05, 0) is 53.5 Å². The van der Waals surface area contributed by atoms with Crippen LogP contribution in [-0.4, -0.2) is 11.4 Å². The van der Waals surface area contributed by atoms with Gasteiger partial charge in [0.2, 0.25) is 0 Å². The van der Waals surface area contributed by atoms with E-state index < -0.39 is 11.6 Å². The monoisotopic (exact) mass is 464 g/mol. The van der Waals surface area contributed by atoms with E-state index in [4.69, 9.17) is 11.6 Å². The molecule has 0 amide bonds. The Balaban J connectivity index is 2.04. The van der Waals surface area contributed by atoms with Gasteiger partial charge in [0.1, 0.15) is 5.82 Å². The fourth-order valence-corrected chi connectivity index (χ4v) is 4.92. The minimum absolute atomic E-state index is 0.0710. The number of benzene rings is 3. The summed E-state index contributed by atoms with van der Waals surface area (Å²) in [6.07, 6.45) is 2.30. The number of aryl methyl sites for hydroxylation is 1. The average Bonchev–Trinajstić information content (AvgIpc) is 2.69. The van der Waals surface area contributed by atoms with E-state index in [1.54, 1.807) is 18.2 Å². The SMILES string of the molecule is CSc1ccc(Cc2c(C)cc(-c3ccc(P)c(O)c3F)cc2Cl)c(F)c1C(C)C. The van der Waals surface area contributed by atoms with Crippen LogP contribution < -0.4 is 5.30 Å². The summed E-state index contributed by atoms with van der Waals surface area (Å²) in [6.45, 7) is 5.85. The lowest BCUT2D eigenvalue weighted by Crippen LogP contribution is -2.04. The molecule has 1 atom stereocenters. The smallest absolute Gasteiger partial charge is 0.173 e. The van der Waals surface area contributed by atoms with Gasteiger partial charge < -0.3 is 5.11 Å². The zero-order valence-electron chi connectivity index (χ0n) is 17.3. The molecule has 0 saturated carbocycles. The molecule has 30 heavy (non-hydrogen) atoms. The molecule has 3 aromatic carbocycles. The second-order valence-corrected chi connectivity index (χ2v) is 9.48. The van der Waals surface area contributed by atoms with E-state index in [0.717, 1.165) is 21.6 Å².